The number of carbonyl (C=O) groups is 1. The van der Waals surface area contributed by atoms with Gasteiger partial charge in [-0.3, -0.25) is 4.79 Å². The lowest BCUT2D eigenvalue weighted by molar-refractivity contribution is -0.117. The minimum Gasteiger partial charge on any atom is -0.341 e. The van der Waals surface area contributed by atoms with Crippen LogP contribution in [0.2, 0.25) is 0 Å². The van der Waals surface area contributed by atoms with Gasteiger partial charge in [-0.2, -0.15) is 0 Å². The average Bonchev–Trinajstić information content (AvgIpc) is 2.89. The fraction of sp³-hybridized carbons (Fsp3) is 0.269. The number of benzene rings is 3. The van der Waals surface area contributed by atoms with Crippen molar-refractivity contribution < 1.29 is 4.79 Å². The molecule has 1 atom stereocenters. The zero-order valence-electron chi connectivity index (χ0n) is 17.7. The molecule has 0 unspecified atom stereocenters. The zero-order chi connectivity index (χ0) is 20.9. The summed E-state index contributed by atoms with van der Waals surface area (Å²) in [6.45, 7) is 1.94. The number of amides is 1. The molecule has 3 aromatic carbocycles. The lowest BCUT2D eigenvalue weighted by atomic mass is 9.91. The second-order valence-corrected chi connectivity index (χ2v) is 8.11. The lowest BCUT2D eigenvalue weighted by Crippen LogP contribution is -2.25. The molecule has 1 amide bonds. The van der Waals surface area contributed by atoms with Crippen molar-refractivity contribution in [2.45, 2.75) is 18.8 Å². The molecule has 0 saturated heterocycles. The van der Waals surface area contributed by atoms with Gasteiger partial charge in [0.05, 0.1) is 5.92 Å². The third-order valence-electron chi connectivity index (χ3n) is 5.65. The van der Waals surface area contributed by atoms with Crippen molar-refractivity contribution in [1.29, 1.82) is 0 Å². The summed E-state index contributed by atoms with van der Waals surface area (Å²) in [7, 11) is 4.21. The maximum absolute atomic E-state index is 13.4. The summed E-state index contributed by atoms with van der Waals surface area (Å²) in [5, 5.41) is 3.12. The summed E-state index contributed by atoms with van der Waals surface area (Å²) in [6, 6.07) is 26.6. The Balaban J connectivity index is 1.71. The molecule has 1 aliphatic rings. The lowest BCUT2D eigenvalue weighted by Gasteiger charge is -2.28. The van der Waals surface area contributed by atoms with E-state index in [1.165, 1.54) is 11.3 Å². The summed E-state index contributed by atoms with van der Waals surface area (Å²) in [5.41, 5.74) is 5.48. The van der Waals surface area contributed by atoms with Crippen LogP contribution in [0, 0.1) is 0 Å². The standard InChI is InChI=1S/C26H29N3O/c1-28(2)17-10-18-29-24-15-8-6-11-20(24)19-23(22-14-7-9-16-25(22)29)26(30)27-21-12-4-3-5-13-21/h3-9,11-16,23H,10,17-19H2,1-2H3,(H,27,30)/t23-/m0/s1. The van der Waals surface area contributed by atoms with Gasteiger partial charge in [0.25, 0.3) is 0 Å². The minimum absolute atomic E-state index is 0.0404. The predicted molar refractivity (Wildman–Crippen MR) is 125 cm³/mol. The van der Waals surface area contributed by atoms with Crippen molar-refractivity contribution in [2.75, 3.05) is 37.4 Å². The molecule has 0 aromatic heterocycles. The number of nitrogens with zero attached hydrogens (tertiary/aromatic N) is 2. The molecule has 4 heteroatoms. The molecule has 1 aliphatic heterocycles. The van der Waals surface area contributed by atoms with Crippen LogP contribution in [0.5, 0.6) is 0 Å². The van der Waals surface area contributed by atoms with E-state index in [9.17, 15) is 4.79 Å². The summed E-state index contributed by atoms with van der Waals surface area (Å²) >= 11 is 0. The van der Waals surface area contributed by atoms with E-state index in [1.807, 2.05) is 36.4 Å². The molecule has 0 saturated carbocycles. The number of hydrogen-bond acceptors (Lipinski definition) is 3. The highest BCUT2D eigenvalue weighted by atomic mass is 16.1. The first kappa shape index (κ1) is 20.2. The van der Waals surface area contributed by atoms with E-state index >= 15 is 0 Å². The van der Waals surface area contributed by atoms with Gasteiger partial charge in [0.1, 0.15) is 0 Å². The van der Waals surface area contributed by atoms with E-state index in [2.05, 4.69) is 71.7 Å². The van der Waals surface area contributed by atoms with Crippen LogP contribution < -0.4 is 10.2 Å². The maximum Gasteiger partial charge on any atom is 0.232 e. The van der Waals surface area contributed by atoms with Crippen molar-refractivity contribution in [3.05, 3.63) is 90.0 Å². The molecular formula is C26H29N3O. The van der Waals surface area contributed by atoms with Gasteiger partial charge in [-0.15, -0.1) is 0 Å². The Morgan fingerprint density at radius 2 is 1.60 bits per heavy atom. The van der Waals surface area contributed by atoms with Crippen LogP contribution in [0.25, 0.3) is 0 Å². The summed E-state index contributed by atoms with van der Waals surface area (Å²) in [5.74, 6) is -0.194. The molecule has 4 nitrogen and oxygen atoms in total. The molecule has 3 aromatic rings. The quantitative estimate of drug-likeness (QED) is 0.630. The third-order valence-corrected chi connectivity index (χ3v) is 5.65. The fourth-order valence-electron chi connectivity index (χ4n) is 4.21. The number of nitrogens with one attached hydrogen (secondary N) is 1. The Hall–Kier alpha value is -3.11. The summed E-state index contributed by atoms with van der Waals surface area (Å²) < 4.78 is 0. The Kier molecular flexibility index (Phi) is 6.15. The molecule has 0 bridgehead atoms. The van der Waals surface area contributed by atoms with Crippen LogP contribution in [-0.2, 0) is 11.2 Å². The van der Waals surface area contributed by atoms with Crippen LogP contribution in [0.3, 0.4) is 0 Å². The Labute approximate surface area is 179 Å². The van der Waals surface area contributed by atoms with Crippen molar-refractivity contribution in [1.82, 2.24) is 4.90 Å². The average molecular weight is 400 g/mol. The van der Waals surface area contributed by atoms with Gasteiger partial charge in [0, 0.05) is 23.6 Å². The third kappa shape index (κ3) is 4.39. The van der Waals surface area contributed by atoms with Crippen LogP contribution >= 0.6 is 0 Å². The molecule has 0 radical (unpaired) electrons. The van der Waals surface area contributed by atoms with Crippen LogP contribution in [0.1, 0.15) is 23.5 Å². The monoisotopic (exact) mass is 399 g/mol. The van der Waals surface area contributed by atoms with Crippen molar-refractivity contribution in [3.8, 4) is 0 Å². The Morgan fingerprint density at radius 1 is 0.933 bits per heavy atom. The van der Waals surface area contributed by atoms with Gasteiger partial charge in [-0.05, 0) is 68.9 Å². The zero-order valence-corrected chi connectivity index (χ0v) is 17.7. The van der Waals surface area contributed by atoms with Gasteiger partial charge >= 0.3 is 0 Å². The molecule has 0 fully saturated rings. The van der Waals surface area contributed by atoms with Crippen LogP contribution in [0.15, 0.2) is 78.9 Å². The highest BCUT2D eigenvalue weighted by Gasteiger charge is 2.30. The van der Waals surface area contributed by atoms with Gasteiger partial charge in [0.2, 0.25) is 5.91 Å². The van der Waals surface area contributed by atoms with Crippen molar-refractivity contribution in [2.24, 2.45) is 0 Å². The van der Waals surface area contributed by atoms with Gasteiger partial charge < -0.3 is 15.1 Å². The summed E-state index contributed by atoms with van der Waals surface area (Å²) in [4.78, 5) is 18.0. The second-order valence-electron chi connectivity index (χ2n) is 8.11. The molecule has 0 aliphatic carbocycles. The van der Waals surface area contributed by atoms with Gasteiger partial charge in [-0.25, -0.2) is 0 Å². The first-order valence-electron chi connectivity index (χ1n) is 10.6. The second kappa shape index (κ2) is 9.14. The highest BCUT2D eigenvalue weighted by molar-refractivity contribution is 5.98. The smallest absolute Gasteiger partial charge is 0.232 e. The number of rotatable bonds is 6. The highest BCUT2D eigenvalue weighted by Crippen LogP contribution is 2.41. The molecular weight excluding hydrogens is 370 g/mol. The number of fused-ring (bicyclic) bond motifs is 2. The number of anilines is 3. The maximum atomic E-state index is 13.4. The molecule has 154 valence electrons. The van der Waals surface area contributed by atoms with Crippen LogP contribution in [-0.4, -0.2) is 38.0 Å². The fourth-order valence-corrected chi connectivity index (χ4v) is 4.21. The topological polar surface area (TPSA) is 35.6 Å². The SMILES string of the molecule is CN(C)CCCN1c2ccccc2C[C@H](C(=O)Nc2ccccc2)c2ccccc21. The van der Waals surface area contributed by atoms with Crippen LogP contribution in [0.4, 0.5) is 17.1 Å². The molecule has 4 rings (SSSR count). The number of carbonyl (C=O) groups excluding carboxylic acids is 1. The minimum atomic E-state index is -0.235. The van der Waals surface area contributed by atoms with Crippen molar-refractivity contribution >= 4 is 23.0 Å². The molecule has 30 heavy (non-hydrogen) atoms. The number of hydrogen-bond donors (Lipinski definition) is 1. The van der Waals surface area contributed by atoms with Crippen molar-refractivity contribution in [3.63, 3.8) is 0 Å². The molecule has 0 spiro atoms. The largest absolute Gasteiger partial charge is 0.341 e. The van der Waals surface area contributed by atoms with E-state index in [4.69, 9.17) is 0 Å². The predicted octanol–water partition coefficient (Wildman–Crippen LogP) is 5.05. The summed E-state index contributed by atoms with van der Waals surface area (Å²) in [6.07, 6.45) is 1.74. The van der Waals surface area contributed by atoms with E-state index in [-0.39, 0.29) is 11.8 Å². The number of para-hydroxylation sites is 3. The molecule has 1 N–H and O–H groups in total. The van der Waals surface area contributed by atoms with E-state index in [1.54, 1.807) is 0 Å². The van der Waals surface area contributed by atoms with Gasteiger partial charge in [0.15, 0.2) is 0 Å². The van der Waals surface area contributed by atoms with E-state index in [0.717, 1.165) is 36.4 Å². The Bertz CT molecular complexity index is 1000. The van der Waals surface area contributed by atoms with Gasteiger partial charge in [-0.1, -0.05) is 54.6 Å². The first-order valence-corrected chi connectivity index (χ1v) is 10.6. The van der Waals surface area contributed by atoms with E-state index < -0.39 is 0 Å². The Morgan fingerprint density at radius 3 is 2.37 bits per heavy atom. The molecule has 1 heterocycles. The first-order chi connectivity index (χ1) is 14.6. The van der Waals surface area contributed by atoms with E-state index in [0.29, 0.717) is 6.42 Å². The normalized spacial score (nSPS) is 15.3.